The lowest BCUT2D eigenvalue weighted by Gasteiger charge is -2.14. The van der Waals surface area contributed by atoms with E-state index in [1.807, 2.05) is 22.6 Å². The number of aromatic nitrogens is 2. The van der Waals surface area contributed by atoms with E-state index in [4.69, 9.17) is 0 Å². The number of alkyl halides is 3. The Bertz CT molecular complexity index is 564. The highest BCUT2D eigenvalue weighted by atomic mass is 127. The topological polar surface area (TPSA) is 25.8 Å². The summed E-state index contributed by atoms with van der Waals surface area (Å²) in [6.07, 6.45) is -4.35. The molecule has 1 aromatic heterocycles. The van der Waals surface area contributed by atoms with Gasteiger partial charge in [-0.25, -0.2) is 0 Å². The molecule has 16 heavy (non-hydrogen) atoms. The first-order valence-electron chi connectivity index (χ1n) is 4.01. The summed E-state index contributed by atoms with van der Waals surface area (Å²) >= 11 is 4.50. The lowest BCUT2D eigenvalue weighted by molar-refractivity contribution is -0.138. The van der Waals surface area contributed by atoms with Crippen molar-refractivity contribution in [2.75, 3.05) is 0 Å². The van der Waals surface area contributed by atoms with Crippen LogP contribution in [0.2, 0.25) is 0 Å². The molecule has 0 aliphatic carbocycles. The van der Waals surface area contributed by atoms with E-state index in [-0.39, 0.29) is 9.13 Å². The van der Waals surface area contributed by atoms with Crippen molar-refractivity contribution in [3.05, 3.63) is 18.3 Å². The van der Waals surface area contributed by atoms with Gasteiger partial charge in [0.2, 0.25) is 0 Å². The number of hydrogen-bond acceptors (Lipinski definition) is 3. The molecular formula is C8H3F3I2N2S. The Morgan fingerprint density at radius 2 is 1.56 bits per heavy atom. The van der Waals surface area contributed by atoms with Crippen molar-refractivity contribution in [2.45, 2.75) is 13.1 Å². The molecule has 2 aromatic rings. The third-order valence-electron chi connectivity index (χ3n) is 2.11. The van der Waals surface area contributed by atoms with Gasteiger partial charge in [-0.3, -0.25) is 0 Å². The van der Waals surface area contributed by atoms with Gasteiger partial charge in [-0.05, 0) is 57.7 Å². The second-order valence-corrected chi connectivity index (χ2v) is 5.77. The summed E-state index contributed by atoms with van der Waals surface area (Å²) < 4.78 is 47.2. The SMILES string of the molecule is Cc1c(C(F)(F)F)c(I)c2nsnc2c1I. The maximum atomic E-state index is 12.9. The average Bonchev–Trinajstić information content (AvgIpc) is 2.61. The Balaban J connectivity index is 2.94. The van der Waals surface area contributed by atoms with Crippen LogP contribution in [0.15, 0.2) is 0 Å². The summed E-state index contributed by atoms with van der Waals surface area (Å²) in [4.78, 5) is 0. The molecule has 86 valence electrons. The summed E-state index contributed by atoms with van der Waals surface area (Å²) in [5, 5.41) is 0. The van der Waals surface area contributed by atoms with E-state index in [1.165, 1.54) is 6.92 Å². The Labute approximate surface area is 120 Å². The Morgan fingerprint density at radius 1 is 1.06 bits per heavy atom. The normalized spacial score (nSPS) is 12.4. The van der Waals surface area contributed by atoms with E-state index in [1.54, 1.807) is 22.6 Å². The number of fused-ring (bicyclic) bond motifs is 1. The number of hydrogen-bond donors (Lipinski definition) is 0. The fourth-order valence-electron chi connectivity index (χ4n) is 1.38. The second-order valence-electron chi connectivity index (χ2n) is 3.09. The summed E-state index contributed by atoms with van der Waals surface area (Å²) in [7, 11) is 0. The standard InChI is InChI=1S/C8H3F3I2N2S/c1-2-3(8(9,10)11)5(13)7-6(4(2)12)14-16-15-7/h1H3. The molecule has 1 aromatic carbocycles. The zero-order chi connectivity index (χ0) is 12.1. The van der Waals surface area contributed by atoms with Gasteiger partial charge in [0, 0.05) is 3.57 Å². The van der Waals surface area contributed by atoms with Gasteiger partial charge < -0.3 is 0 Å². The Kier molecular flexibility index (Phi) is 3.34. The van der Waals surface area contributed by atoms with Gasteiger partial charge >= 0.3 is 6.18 Å². The highest BCUT2D eigenvalue weighted by Gasteiger charge is 2.37. The van der Waals surface area contributed by atoms with E-state index in [0.29, 0.717) is 14.6 Å². The predicted molar refractivity (Wildman–Crippen MR) is 72.6 cm³/mol. The van der Waals surface area contributed by atoms with Crippen molar-refractivity contribution in [2.24, 2.45) is 0 Å². The highest BCUT2D eigenvalue weighted by Crippen LogP contribution is 2.40. The molecule has 0 radical (unpaired) electrons. The van der Waals surface area contributed by atoms with Gasteiger partial charge in [-0.2, -0.15) is 21.9 Å². The molecule has 2 nitrogen and oxygen atoms in total. The van der Waals surface area contributed by atoms with Crippen LogP contribution in [0.3, 0.4) is 0 Å². The quantitative estimate of drug-likeness (QED) is 0.540. The maximum absolute atomic E-state index is 12.9. The smallest absolute Gasteiger partial charge is 0.172 e. The first-order chi connectivity index (χ1) is 7.34. The molecule has 0 unspecified atom stereocenters. The molecule has 0 bridgehead atoms. The summed E-state index contributed by atoms with van der Waals surface area (Å²) in [5.41, 5.74) is 0.517. The van der Waals surface area contributed by atoms with Crippen molar-refractivity contribution >= 4 is 67.9 Å². The number of halogens is 5. The first kappa shape index (κ1) is 12.7. The van der Waals surface area contributed by atoms with Crippen LogP contribution in [0, 0.1) is 14.1 Å². The zero-order valence-corrected chi connectivity index (χ0v) is 12.8. The van der Waals surface area contributed by atoms with Gasteiger partial charge in [0.15, 0.2) is 0 Å². The van der Waals surface area contributed by atoms with Crippen molar-refractivity contribution in [3.63, 3.8) is 0 Å². The fraction of sp³-hybridized carbons (Fsp3) is 0.250. The fourth-order valence-corrected chi connectivity index (χ4v) is 4.00. The molecule has 0 spiro atoms. The number of benzene rings is 1. The molecule has 0 N–H and O–H groups in total. The molecule has 0 aliphatic rings. The Morgan fingerprint density at radius 3 is 2.06 bits per heavy atom. The van der Waals surface area contributed by atoms with E-state index >= 15 is 0 Å². The predicted octanol–water partition coefficient (Wildman–Crippen LogP) is 4.23. The van der Waals surface area contributed by atoms with Crippen molar-refractivity contribution in [1.29, 1.82) is 0 Å². The minimum Gasteiger partial charge on any atom is -0.172 e. The lowest BCUT2D eigenvalue weighted by atomic mass is 10.1. The minimum absolute atomic E-state index is 0.131. The third kappa shape index (κ3) is 1.92. The van der Waals surface area contributed by atoms with Crippen LogP contribution in [0.4, 0.5) is 13.2 Å². The summed E-state index contributed by atoms with van der Waals surface area (Å²) in [6.45, 7) is 1.46. The molecule has 0 aliphatic heterocycles. The van der Waals surface area contributed by atoms with Crippen LogP contribution < -0.4 is 0 Å². The number of nitrogens with zero attached hydrogens (tertiary/aromatic N) is 2. The van der Waals surface area contributed by atoms with Gasteiger partial charge in [-0.1, -0.05) is 0 Å². The monoisotopic (exact) mass is 470 g/mol. The van der Waals surface area contributed by atoms with Gasteiger partial charge in [0.1, 0.15) is 11.0 Å². The van der Waals surface area contributed by atoms with Crippen LogP contribution in [-0.4, -0.2) is 8.75 Å². The average molecular weight is 470 g/mol. The van der Waals surface area contributed by atoms with Crippen LogP contribution in [0.5, 0.6) is 0 Å². The van der Waals surface area contributed by atoms with Crippen LogP contribution in [0.1, 0.15) is 11.1 Å². The highest BCUT2D eigenvalue weighted by molar-refractivity contribution is 14.1. The van der Waals surface area contributed by atoms with Gasteiger partial charge in [-0.15, -0.1) is 0 Å². The lowest BCUT2D eigenvalue weighted by Crippen LogP contribution is -2.12. The molecule has 0 saturated carbocycles. The van der Waals surface area contributed by atoms with Gasteiger partial charge in [0.05, 0.1) is 20.9 Å². The molecule has 1 heterocycles. The van der Waals surface area contributed by atoms with E-state index in [0.717, 1.165) is 11.7 Å². The Hall–Kier alpha value is 0.290. The van der Waals surface area contributed by atoms with Crippen LogP contribution >= 0.6 is 56.9 Å². The van der Waals surface area contributed by atoms with E-state index in [9.17, 15) is 13.2 Å². The molecular weight excluding hydrogens is 467 g/mol. The minimum atomic E-state index is -4.35. The number of rotatable bonds is 0. The van der Waals surface area contributed by atoms with E-state index < -0.39 is 11.7 Å². The van der Waals surface area contributed by atoms with E-state index in [2.05, 4.69) is 8.75 Å². The van der Waals surface area contributed by atoms with Crippen molar-refractivity contribution in [1.82, 2.24) is 8.75 Å². The molecule has 0 saturated heterocycles. The van der Waals surface area contributed by atoms with Crippen LogP contribution in [0.25, 0.3) is 11.0 Å². The molecule has 2 rings (SSSR count). The first-order valence-corrected chi connectivity index (χ1v) is 6.90. The second kappa shape index (κ2) is 4.19. The molecule has 8 heteroatoms. The maximum Gasteiger partial charge on any atom is 0.417 e. The van der Waals surface area contributed by atoms with Crippen molar-refractivity contribution < 1.29 is 13.2 Å². The largest absolute Gasteiger partial charge is 0.417 e. The van der Waals surface area contributed by atoms with Crippen LogP contribution in [-0.2, 0) is 6.18 Å². The third-order valence-corrected chi connectivity index (χ3v) is 5.01. The molecule has 0 amide bonds. The van der Waals surface area contributed by atoms with Crippen molar-refractivity contribution in [3.8, 4) is 0 Å². The zero-order valence-electron chi connectivity index (χ0n) is 7.69. The summed E-state index contributed by atoms with van der Waals surface area (Å²) in [5.74, 6) is 0. The summed E-state index contributed by atoms with van der Waals surface area (Å²) in [6, 6.07) is 0. The van der Waals surface area contributed by atoms with Gasteiger partial charge in [0.25, 0.3) is 0 Å². The molecule has 0 atom stereocenters. The molecule has 0 fully saturated rings.